The third kappa shape index (κ3) is 3.51. The molecule has 2 aliphatic rings. The van der Waals surface area contributed by atoms with E-state index in [0.29, 0.717) is 18.7 Å². The molecule has 29 heavy (non-hydrogen) atoms. The van der Waals surface area contributed by atoms with Crippen molar-refractivity contribution in [1.29, 1.82) is 0 Å². The van der Waals surface area contributed by atoms with Crippen molar-refractivity contribution in [1.82, 2.24) is 10.1 Å². The number of hydrogen-bond donors (Lipinski definition) is 0. The van der Waals surface area contributed by atoms with Crippen molar-refractivity contribution in [3.8, 4) is 0 Å². The van der Waals surface area contributed by atoms with Crippen molar-refractivity contribution in [2.75, 3.05) is 0 Å². The third-order valence-corrected chi connectivity index (χ3v) is 6.19. The minimum atomic E-state index is -0.475. The second-order valence-corrected chi connectivity index (χ2v) is 10.1. The summed E-state index contributed by atoms with van der Waals surface area (Å²) >= 11 is 0. The van der Waals surface area contributed by atoms with Crippen LogP contribution in [0.4, 0.5) is 0 Å². The van der Waals surface area contributed by atoms with Gasteiger partial charge in [0.1, 0.15) is 11.5 Å². The van der Waals surface area contributed by atoms with E-state index >= 15 is 0 Å². The number of rotatable bonds is 3. The van der Waals surface area contributed by atoms with Gasteiger partial charge in [0, 0.05) is 23.6 Å². The second-order valence-electron chi connectivity index (χ2n) is 10.1. The van der Waals surface area contributed by atoms with E-state index in [0.717, 1.165) is 22.5 Å². The van der Waals surface area contributed by atoms with Gasteiger partial charge in [-0.1, -0.05) is 38.1 Å². The first-order chi connectivity index (χ1) is 13.4. The van der Waals surface area contributed by atoms with Gasteiger partial charge in [0.2, 0.25) is 0 Å². The summed E-state index contributed by atoms with van der Waals surface area (Å²) in [5, 5.41) is 4.15. The topological polar surface area (TPSA) is 64.8 Å². The van der Waals surface area contributed by atoms with Crippen molar-refractivity contribution >= 4 is 18.5 Å². The number of nitrogens with zero attached hydrogens (tertiary/aromatic N) is 2. The van der Waals surface area contributed by atoms with Gasteiger partial charge in [-0.2, -0.15) is 0 Å². The minimum absolute atomic E-state index is 0.00123. The summed E-state index contributed by atoms with van der Waals surface area (Å²) in [4.78, 5) is 14.8. The van der Waals surface area contributed by atoms with Gasteiger partial charge < -0.3 is 18.7 Å². The zero-order chi connectivity index (χ0) is 21.2. The SMILES string of the molecule is CC(C)(C)c1cc(CN2Cc3ccc(B4OC(C)(C)C(C)(C)O4)cc3C2=O)no1. The largest absolute Gasteiger partial charge is 0.494 e. The summed E-state index contributed by atoms with van der Waals surface area (Å²) in [7, 11) is -0.475. The number of carbonyl (C=O) groups is 1. The quantitative estimate of drug-likeness (QED) is 0.744. The van der Waals surface area contributed by atoms with Crippen LogP contribution in [0.3, 0.4) is 0 Å². The lowest BCUT2D eigenvalue weighted by Gasteiger charge is -2.32. The normalized spacial score (nSPS) is 20.4. The van der Waals surface area contributed by atoms with E-state index in [1.807, 2.05) is 52.0 Å². The van der Waals surface area contributed by atoms with Gasteiger partial charge in [0.05, 0.1) is 17.7 Å². The Labute approximate surface area is 172 Å². The average Bonchev–Trinajstić information content (AvgIpc) is 3.24. The first kappa shape index (κ1) is 20.2. The molecule has 0 saturated carbocycles. The molecule has 1 aromatic carbocycles. The number of aromatic nitrogens is 1. The molecule has 0 N–H and O–H groups in total. The van der Waals surface area contributed by atoms with E-state index in [9.17, 15) is 4.79 Å². The Morgan fingerprint density at radius 1 is 1.10 bits per heavy atom. The van der Waals surface area contributed by atoms with Crippen LogP contribution < -0.4 is 5.46 Å². The van der Waals surface area contributed by atoms with Crippen LogP contribution in [0.2, 0.25) is 0 Å². The Balaban J connectivity index is 1.52. The van der Waals surface area contributed by atoms with Crippen LogP contribution in [0.1, 0.15) is 75.8 Å². The molecule has 1 fully saturated rings. The van der Waals surface area contributed by atoms with Gasteiger partial charge in [-0.15, -0.1) is 0 Å². The molecule has 0 radical (unpaired) electrons. The Morgan fingerprint density at radius 3 is 2.34 bits per heavy atom. The molecule has 4 rings (SSSR count). The summed E-state index contributed by atoms with van der Waals surface area (Å²) < 4.78 is 17.7. The highest BCUT2D eigenvalue weighted by Gasteiger charge is 2.52. The lowest BCUT2D eigenvalue weighted by Crippen LogP contribution is -2.41. The molecule has 2 aliphatic heterocycles. The monoisotopic (exact) mass is 396 g/mol. The molecule has 154 valence electrons. The molecular formula is C22H29BN2O4. The predicted octanol–water partition coefficient (Wildman–Crippen LogP) is 3.43. The fourth-order valence-corrected chi connectivity index (χ4v) is 3.57. The molecule has 1 saturated heterocycles. The van der Waals surface area contributed by atoms with Gasteiger partial charge in [-0.05, 0) is 44.8 Å². The van der Waals surface area contributed by atoms with Gasteiger partial charge >= 0.3 is 7.12 Å². The molecule has 0 spiro atoms. The van der Waals surface area contributed by atoms with Crippen LogP contribution in [0.5, 0.6) is 0 Å². The summed E-state index contributed by atoms with van der Waals surface area (Å²) in [5.74, 6) is 0.818. The molecule has 0 atom stereocenters. The number of fused-ring (bicyclic) bond motifs is 1. The average molecular weight is 396 g/mol. The number of benzene rings is 1. The van der Waals surface area contributed by atoms with Crippen LogP contribution in [-0.2, 0) is 27.8 Å². The number of amides is 1. The van der Waals surface area contributed by atoms with Crippen LogP contribution in [0.15, 0.2) is 28.8 Å². The van der Waals surface area contributed by atoms with Crippen molar-refractivity contribution < 1.29 is 18.6 Å². The van der Waals surface area contributed by atoms with Gasteiger partial charge in [-0.25, -0.2) is 0 Å². The smallest absolute Gasteiger partial charge is 0.399 e. The van der Waals surface area contributed by atoms with Crippen molar-refractivity contribution in [3.63, 3.8) is 0 Å². The first-order valence-electron chi connectivity index (χ1n) is 10.1. The van der Waals surface area contributed by atoms with E-state index < -0.39 is 18.3 Å². The molecular weight excluding hydrogens is 367 g/mol. The summed E-state index contributed by atoms with van der Waals surface area (Å²) in [6, 6.07) is 7.83. The molecule has 6 nitrogen and oxygen atoms in total. The molecule has 0 bridgehead atoms. The highest BCUT2D eigenvalue weighted by atomic mass is 16.7. The summed E-state index contributed by atoms with van der Waals surface area (Å²) in [5.41, 5.74) is 2.42. The molecule has 0 aliphatic carbocycles. The Kier molecular flexibility index (Phi) is 4.48. The maximum atomic E-state index is 13.0. The van der Waals surface area contributed by atoms with Crippen LogP contribution in [0, 0.1) is 0 Å². The maximum Gasteiger partial charge on any atom is 0.494 e. The molecule has 2 aromatic rings. The fourth-order valence-electron chi connectivity index (χ4n) is 3.57. The molecule has 0 unspecified atom stereocenters. The van der Waals surface area contributed by atoms with E-state index in [1.165, 1.54) is 0 Å². The number of carbonyl (C=O) groups excluding carboxylic acids is 1. The maximum absolute atomic E-state index is 13.0. The fraction of sp³-hybridized carbons (Fsp3) is 0.545. The van der Waals surface area contributed by atoms with E-state index in [4.69, 9.17) is 13.8 Å². The van der Waals surface area contributed by atoms with Gasteiger partial charge in [0.15, 0.2) is 0 Å². The minimum Gasteiger partial charge on any atom is -0.399 e. The van der Waals surface area contributed by atoms with Gasteiger partial charge in [0.25, 0.3) is 5.91 Å². The molecule has 7 heteroatoms. The zero-order valence-electron chi connectivity index (χ0n) is 18.3. The first-order valence-corrected chi connectivity index (χ1v) is 10.1. The van der Waals surface area contributed by atoms with Crippen LogP contribution in [-0.4, -0.2) is 34.3 Å². The third-order valence-electron chi connectivity index (χ3n) is 6.19. The van der Waals surface area contributed by atoms with E-state index in [-0.39, 0.29) is 11.3 Å². The van der Waals surface area contributed by atoms with Crippen LogP contribution >= 0.6 is 0 Å². The van der Waals surface area contributed by atoms with Crippen molar-refractivity contribution in [3.05, 3.63) is 46.8 Å². The van der Waals surface area contributed by atoms with E-state index in [2.05, 4.69) is 25.9 Å². The highest BCUT2D eigenvalue weighted by molar-refractivity contribution is 6.62. The Bertz CT molecular complexity index is 942. The molecule has 3 heterocycles. The van der Waals surface area contributed by atoms with Gasteiger partial charge in [-0.3, -0.25) is 4.79 Å². The number of hydrogen-bond acceptors (Lipinski definition) is 5. The standard InChI is InChI=1S/C22H29BN2O4/c1-20(2,3)18-11-16(24-27-18)13-25-12-14-8-9-15(10-17(14)19(25)26)23-28-21(4,5)22(6,7)29-23/h8-11H,12-13H2,1-7H3. The zero-order valence-corrected chi connectivity index (χ0v) is 18.3. The molecule has 1 amide bonds. The Hall–Kier alpha value is -2.12. The van der Waals surface area contributed by atoms with Crippen molar-refractivity contribution in [2.45, 2.75) is 78.2 Å². The Morgan fingerprint density at radius 2 is 1.76 bits per heavy atom. The van der Waals surface area contributed by atoms with Crippen molar-refractivity contribution in [2.24, 2.45) is 0 Å². The summed E-state index contributed by atoms with van der Waals surface area (Å²) in [6.07, 6.45) is 0. The lowest BCUT2D eigenvalue weighted by molar-refractivity contribution is 0.00578. The van der Waals surface area contributed by atoms with Crippen LogP contribution in [0.25, 0.3) is 0 Å². The second kappa shape index (κ2) is 6.44. The predicted molar refractivity (Wildman–Crippen MR) is 111 cm³/mol. The van der Waals surface area contributed by atoms with E-state index in [1.54, 1.807) is 4.90 Å². The lowest BCUT2D eigenvalue weighted by atomic mass is 9.78. The molecule has 1 aromatic heterocycles. The summed E-state index contributed by atoms with van der Waals surface area (Å²) in [6.45, 7) is 15.3. The highest BCUT2D eigenvalue weighted by Crippen LogP contribution is 2.37.